The van der Waals surface area contributed by atoms with Crippen LogP contribution >= 0.6 is 15.9 Å². The quantitative estimate of drug-likeness (QED) is 0.325. The molecule has 4 rings (SSSR count). The van der Waals surface area contributed by atoms with Gasteiger partial charge in [-0.25, -0.2) is 4.98 Å². The molecule has 0 bridgehead atoms. The first-order valence-electron chi connectivity index (χ1n) is 10.4. The van der Waals surface area contributed by atoms with Crippen molar-refractivity contribution in [3.8, 4) is 0 Å². The number of aromatic nitrogens is 2. The number of benzene rings is 3. The first-order valence-corrected chi connectivity index (χ1v) is 11.2. The van der Waals surface area contributed by atoms with E-state index in [1.807, 2.05) is 60.7 Å². The third-order valence-electron chi connectivity index (χ3n) is 5.08. The standard InChI is InChI=1S/C26H24BrN3O/c27-22-13-6-12-21(19-22)26(31)28-17-7-16-25-29-23-14-4-5-15-24(23)30(25)18-8-11-20-9-2-1-3-10-20/h1-6,8-15,19H,7,16-18H2,(H,28,31)/b11-8+. The van der Waals surface area contributed by atoms with Gasteiger partial charge in [0.1, 0.15) is 5.82 Å². The van der Waals surface area contributed by atoms with Crippen LogP contribution in [0.2, 0.25) is 0 Å². The van der Waals surface area contributed by atoms with Crippen LogP contribution in [0, 0.1) is 0 Å². The van der Waals surface area contributed by atoms with Gasteiger partial charge in [-0.15, -0.1) is 0 Å². The van der Waals surface area contributed by atoms with Crippen molar-refractivity contribution in [2.45, 2.75) is 19.4 Å². The second-order valence-corrected chi connectivity index (χ2v) is 8.23. The number of nitrogens with zero attached hydrogens (tertiary/aromatic N) is 2. The first kappa shape index (κ1) is 21.1. The maximum Gasteiger partial charge on any atom is 0.251 e. The molecule has 0 unspecified atom stereocenters. The van der Waals surface area contributed by atoms with E-state index in [0.29, 0.717) is 12.1 Å². The molecule has 0 saturated carbocycles. The van der Waals surface area contributed by atoms with Crippen LogP contribution in [0.25, 0.3) is 17.1 Å². The largest absolute Gasteiger partial charge is 0.352 e. The second kappa shape index (κ2) is 10.2. The van der Waals surface area contributed by atoms with Crippen molar-refractivity contribution in [1.82, 2.24) is 14.9 Å². The summed E-state index contributed by atoms with van der Waals surface area (Å²) in [5.41, 5.74) is 3.98. The van der Waals surface area contributed by atoms with Crippen molar-refractivity contribution in [2.75, 3.05) is 6.54 Å². The van der Waals surface area contributed by atoms with Crippen LogP contribution in [0.1, 0.15) is 28.2 Å². The molecule has 3 aromatic carbocycles. The van der Waals surface area contributed by atoms with Gasteiger partial charge in [0.15, 0.2) is 0 Å². The van der Waals surface area contributed by atoms with Crippen LogP contribution in [-0.4, -0.2) is 22.0 Å². The molecular formula is C26H24BrN3O. The van der Waals surface area contributed by atoms with Crippen molar-refractivity contribution < 1.29 is 4.79 Å². The summed E-state index contributed by atoms with van der Waals surface area (Å²) in [5.74, 6) is 0.983. The number of aryl methyl sites for hydroxylation is 1. The van der Waals surface area contributed by atoms with Gasteiger partial charge < -0.3 is 9.88 Å². The molecule has 1 aromatic heterocycles. The highest BCUT2D eigenvalue weighted by molar-refractivity contribution is 9.10. The van der Waals surface area contributed by atoms with E-state index in [-0.39, 0.29) is 5.91 Å². The Balaban J connectivity index is 1.40. The molecule has 156 valence electrons. The van der Waals surface area contributed by atoms with E-state index in [1.165, 1.54) is 5.56 Å². The average molecular weight is 474 g/mol. The Morgan fingerprint density at radius 3 is 2.65 bits per heavy atom. The smallest absolute Gasteiger partial charge is 0.251 e. The number of amides is 1. The van der Waals surface area contributed by atoms with Crippen LogP contribution in [0.4, 0.5) is 0 Å². The molecule has 5 heteroatoms. The molecule has 0 spiro atoms. The lowest BCUT2D eigenvalue weighted by Crippen LogP contribution is -2.25. The number of carbonyl (C=O) groups excluding carboxylic acids is 1. The number of allylic oxidation sites excluding steroid dienone is 1. The van der Waals surface area contributed by atoms with E-state index >= 15 is 0 Å². The van der Waals surface area contributed by atoms with Crippen LogP contribution in [0.15, 0.2) is 89.4 Å². The van der Waals surface area contributed by atoms with Gasteiger partial charge in [-0.1, -0.05) is 76.6 Å². The summed E-state index contributed by atoms with van der Waals surface area (Å²) in [4.78, 5) is 17.2. The number of fused-ring (bicyclic) bond motifs is 1. The highest BCUT2D eigenvalue weighted by Crippen LogP contribution is 2.18. The minimum atomic E-state index is -0.0550. The van der Waals surface area contributed by atoms with E-state index in [1.54, 1.807) is 0 Å². The number of imidazole rings is 1. The highest BCUT2D eigenvalue weighted by Gasteiger charge is 2.10. The summed E-state index contributed by atoms with van der Waals surface area (Å²) in [7, 11) is 0. The van der Waals surface area contributed by atoms with Crippen molar-refractivity contribution in [1.29, 1.82) is 0 Å². The molecule has 0 aliphatic rings. The van der Waals surface area contributed by atoms with Gasteiger partial charge >= 0.3 is 0 Å². The second-order valence-electron chi connectivity index (χ2n) is 7.31. The molecule has 0 aliphatic heterocycles. The molecule has 1 amide bonds. The summed E-state index contributed by atoms with van der Waals surface area (Å²) >= 11 is 3.41. The molecule has 0 radical (unpaired) electrons. The Hall–Kier alpha value is -3.18. The summed E-state index contributed by atoms with van der Waals surface area (Å²) in [6, 6.07) is 25.9. The number of hydrogen-bond acceptors (Lipinski definition) is 2. The molecule has 31 heavy (non-hydrogen) atoms. The topological polar surface area (TPSA) is 46.9 Å². The van der Waals surface area contributed by atoms with Gasteiger partial charge in [0, 0.05) is 29.5 Å². The predicted octanol–water partition coefficient (Wildman–Crippen LogP) is 5.87. The van der Waals surface area contributed by atoms with Crippen molar-refractivity contribution in [3.05, 3.63) is 106 Å². The van der Waals surface area contributed by atoms with E-state index < -0.39 is 0 Å². The number of nitrogens with one attached hydrogen (secondary N) is 1. The molecule has 1 N–H and O–H groups in total. The molecule has 0 aliphatic carbocycles. The first-order chi connectivity index (χ1) is 15.2. The zero-order valence-electron chi connectivity index (χ0n) is 17.2. The number of halogens is 1. The van der Waals surface area contributed by atoms with E-state index in [9.17, 15) is 4.79 Å². The van der Waals surface area contributed by atoms with Gasteiger partial charge in [0.2, 0.25) is 0 Å². The van der Waals surface area contributed by atoms with E-state index in [2.05, 4.69) is 56.2 Å². The van der Waals surface area contributed by atoms with Gasteiger partial charge in [-0.3, -0.25) is 4.79 Å². The summed E-state index contributed by atoms with van der Waals surface area (Å²) in [6.07, 6.45) is 5.93. The molecule has 0 atom stereocenters. The van der Waals surface area contributed by atoms with Gasteiger partial charge in [0.05, 0.1) is 11.0 Å². The lowest BCUT2D eigenvalue weighted by atomic mass is 10.2. The van der Waals surface area contributed by atoms with Gasteiger partial charge in [-0.05, 0) is 42.3 Å². The number of rotatable bonds is 8. The van der Waals surface area contributed by atoms with E-state index in [4.69, 9.17) is 4.98 Å². The minimum absolute atomic E-state index is 0.0550. The fourth-order valence-electron chi connectivity index (χ4n) is 3.56. The fraction of sp³-hybridized carbons (Fsp3) is 0.154. The van der Waals surface area contributed by atoms with Gasteiger partial charge in [-0.2, -0.15) is 0 Å². The zero-order valence-corrected chi connectivity index (χ0v) is 18.8. The third-order valence-corrected chi connectivity index (χ3v) is 5.57. The maximum atomic E-state index is 12.3. The minimum Gasteiger partial charge on any atom is -0.352 e. The summed E-state index contributed by atoms with van der Waals surface area (Å²) in [5, 5.41) is 3.00. The molecule has 0 saturated heterocycles. The summed E-state index contributed by atoms with van der Waals surface area (Å²) < 4.78 is 3.16. The third kappa shape index (κ3) is 5.50. The Kier molecular flexibility index (Phi) is 6.95. The lowest BCUT2D eigenvalue weighted by molar-refractivity contribution is 0.0953. The van der Waals surface area contributed by atoms with Crippen LogP contribution in [0.5, 0.6) is 0 Å². The normalized spacial score (nSPS) is 11.3. The Morgan fingerprint density at radius 2 is 1.81 bits per heavy atom. The monoisotopic (exact) mass is 473 g/mol. The average Bonchev–Trinajstić information content (AvgIpc) is 3.15. The van der Waals surface area contributed by atoms with Crippen molar-refractivity contribution >= 4 is 38.9 Å². The van der Waals surface area contributed by atoms with Crippen LogP contribution in [-0.2, 0) is 13.0 Å². The number of carbonyl (C=O) groups is 1. The van der Waals surface area contributed by atoms with Crippen molar-refractivity contribution in [3.63, 3.8) is 0 Å². The molecule has 0 fully saturated rings. The highest BCUT2D eigenvalue weighted by atomic mass is 79.9. The molecule has 1 heterocycles. The maximum absolute atomic E-state index is 12.3. The molecular weight excluding hydrogens is 450 g/mol. The van der Waals surface area contributed by atoms with E-state index in [0.717, 1.165) is 40.7 Å². The fourth-order valence-corrected chi connectivity index (χ4v) is 3.96. The summed E-state index contributed by atoms with van der Waals surface area (Å²) in [6.45, 7) is 1.36. The predicted molar refractivity (Wildman–Crippen MR) is 130 cm³/mol. The zero-order chi connectivity index (χ0) is 21.5. The van der Waals surface area contributed by atoms with Crippen LogP contribution < -0.4 is 5.32 Å². The SMILES string of the molecule is O=C(NCCCc1nc2ccccc2n1C/C=C/c1ccccc1)c1cccc(Br)c1. The van der Waals surface area contributed by atoms with Gasteiger partial charge in [0.25, 0.3) is 5.91 Å². The lowest BCUT2D eigenvalue weighted by Gasteiger charge is -2.08. The Morgan fingerprint density at radius 1 is 1.00 bits per heavy atom. The molecule has 4 aromatic rings. The Bertz CT molecular complexity index is 1200. The number of para-hydroxylation sites is 2. The molecule has 4 nitrogen and oxygen atoms in total. The number of hydrogen-bond donors (Lipinski definition) is 1. The van der Waals surface area contributed by atoms with Crippen LogP contribution in [0.3, 0.4) is 0 Å². The Labute approximate surface area is 190 Å². The van der Waals surface area contributed by atoms with Crippen molar-refractivity contribution in [2.24, 2.45) is 0 Å².